The molecule has 1 fully saturated rings. The lowest BCUT2D eigenvalue weighted by atomic mass is 9.94. The van der Waals surface area contributed by atoms with Crippen LogP contribution in [0.3, 0.4) is 0 Å². The Labute approximate surface area is 124 Å². The van der Waals surface area contributed by atoms with E-state index in [2.05, 4.69) is 9.97 Å². The number of hydrogen-bond donors (Lipinski definition) is 4. The predicted octanol–water partition coefficient (Wildman–Crippen LogP) is -1.07. The molecule has 9 heteroatoms. The Morgan fingerprint density at radius 3 is 2.91 bits per heavy atom. The number of aliphatic hydroxyl groups excluding tert-OH is 2. The summed E-state index contributed by atoms with van der Waals surface area (Å²) < 4.78 is 20.6. The second kappa shape index (κ2) is 4.62. The lowest BCUT2D eigenvalue weighted by molar-refractivity contribution is -0.206. The van der Waals surface area contributed by atoms with Gasteiger partial charge in [0, 0.05) is 6.20 Å². The molecule has 1 saturated heterocycles. The van der Waals surface area contributed by atoms with E-state index in [9.17, 15) is 14.6 Å². The van der Waals surface area contributed by atoms with Crippen LogP contribution in [0.2, 0.25) is 0 Å². The molecule has 1 aliphatic heterocycles. The molecule has 8 nitrogen and oxygen atoms in total. The first-order valence-corrected chi connectivity index (χ1v) is 6.30. The zero-order valence-electron chi connectivity index (χ0n) is 11.2. The van der Waals surface area contributed by atoms with E-state index in [4.69, 9.17) is 22.0 Å². The molecule has 0 amide bonds. The van der Waals surface area contributed by atoms with Crippen molar-refractivity contribution in [1.29, 1.82) is 0 Å². The average molecular weight is 308 g/mol. The Bertz CT molecular complexity index is 775. The lowest BCUT2D eigenvalue weighted by Gasteiger charge is -2.26. The largest absolute Gasteiger partial charge is 0.390 e. The molecule has 2 aromatic rings. The molecule has 0 aliphatic carbocycles. The zero-order chi connectivity index (χ0) is 16.1. The summed E-state index contributed by atoms with van der Waals surface area (Å²) in [4.78, 5) is 7.80. The Morgan fingerprint density at radius 1 is 1.55 bits per heavy atom. The maximum atomic E-state index is 14.4. The Balaban J connectivity index is 2.18. The fourth-order valence-corrected chi connectivity index (χ4v) is 2.53. The van der Waals surface area contributed by atoms with Crippen LogP contribution >= 0.6 is 0 Å². The van der Waals surface area contributed by atoms with E-state index in [0.29, 0.717) is 5.39 Å². The number of anilines is 1. The van der Waals surface area contributed by atoms with Crippen LogP contribution in [0.5, 0.6) is 0 Å². The number of ether oxygens (including phenoxy) is 1. The summed E-state index contributed by atoms with van der Waals surface area (Å²) in [6.45, 7) is -1.18. The summed E-state index contributed by atoms with van der Waals surface area (Å²) in [5.41, 5.74) is 3.54. The highest BCUT2D eigenvalue weighted by molar-refractivity contribution is 5.86. The molecule has 3 rings (SSSR count). The van der Waals surface area contributed by atoms with Gasteiger partial charge in [0.1, 0.15) is 24.4 Å². The van der Waals surface area contributed by atoms with Gasteiger partial charge in [-0.2, -0.15) is 0 Å². The van der Waals surface area contributed by atoms with Gasteiger partial charge in [0.05, 0.1) is 5.39 Å². The van der Waals surface area contributed by atoms with Crippen LogP contribution in [0, 0.1) is 12.3 Å². The third-order valence-electron chi connectivity index (χ3n) is 3.75. The Kier molecular flexibility index (Phi) is 3.08. The monoisotopic (exact) mass is 308 g/mol. The van der Waals surface area contributed by atoms with E-state index < -0.39 is 30.4 Å². The normalized spacial score (nSPS) is 34.9. The van der Waals surface area contributed by atoms with E-state index in [0.717, 1.165) is 0 Å². The molecule has 22 heavy (non-hydrogen) atoms. The molecule has 0 aromatic carbocycles. The van der Waals surface area contributed by atoms with Gasteiger partial charge in [0.25, 0.3) is 5.85 Å². The number of nitrogen functional groups attached to an aromatic ring is 1. The van der Waals surface area contributed by atoms with E-state index in [-0.39, 0.29) is 11.5 Å². The Hall–Kier alpha value is -2.25. The van der Waals surface area contributed by atoms with Crippen molar-refractivity contribution in [3.63, 3.8) is 0 Å². The van der Waals surface area contributed by atoms with Crippen molar-refractivity contribution < 1.29 is 24.4 Å². The van der Waals surface area contributed by atoms with Crippen molar-refractivity contribution in [2.24, 2.45) is 0 Å². The molecule has 4 unspecified atom stereocenters. The van der Waals surface area contributed by atoms with Gasteiger partial charge in [-0.15, -0.1) is 6.42 Å². The van der Waals surface area contributed by atoms with Crippen LogP contribution in [-0.2, 0) is 4.74 Å². The third-order valence-corrected chi connectivity index (χ3v) is 3.75. The summed E-state index contributed by atoms with van der Waals surface area (Å²) in [5.74, 6) is -0.790. The number of nitrogens with two attached hydrogens (primary N) is 1. The van der Waals surface area contributed by atoms with Crippen molar-refractivity contribution in [2.45, 2.75) is 23.8 Å². The van der Waals surface area contributed by atoms with Gasteiger partial charge >= 0.3 is 0 Å². The topological polar surface area (TPSA) is 127 Å². The molecular weight excluding hydrogens is 295 g/mol. The van der Waals surface area contributed by atoms with Gasteiger partial charge in [-0.3, -0.25) is 0 Å². The molecule has 0 bridgehead atoms. The average Bonchev–Trinajstić information content (AvgIpc) is 3.03. The fraction of sp³-hybridized carbons (Fsp3) is 0.385. The minimum Gasteiger partial charge on any atom is -0.390 e. The van der Waals surface area contributed by atoms with E-state index in [1.54, 1.807) is 0 Å². The summed E-state index contributed by atoms with van der Waals surface area (Å²) >= 11 is 0. The van der Waals surface area contributed by atoms with Gasteiger partial charge in [-0.25, -0.2) is 14.4 Å². The molecule has 3 heterocycles. The summed E-state index contributed by atoms with van der Waals surface area (Å²) in [5, 5.41) is 29.9. The van der Waals surface area contributed by atoms with Crippen LogP contribution in [0.25, 0.3) is 11.0 Å². The summed E-state index contributed by atoms with van der Waals surface area (Å²) in [6, 6.07) is 1.54. The number of aromatic nitrogens is 3. The predicted molar refractivity (Wildman–Crippen MR) is 72.8 cm³/mol. The lowest BCUT2D eigenvalue weighted by Crippen LogP contribution is -2.49. The van der Waals surface area contributed by atoms with Crippen LogP contribution in [0.1, 0.15) is 6.23 Å². The van der Waals surface area contributed by atoms with Crippen LogP contribution in [0.4, 0.5) is 10.2 Å². The minimum atomic E-state index is -2.90. The van der Waals surface area contributed by atoms with Crippen LogP contribution < -0.4 is 5.73 Å². The zero-order valence-corrected chi connectivity index (χ0v) is 11.2. The number of rotatable bonds is 2. The molecular formula is C13H13FN4O4. The first-order chi connectivity index (χ1) is 10.4. The van der Waals surface area contributed by atoms with Gasteiger partial charge in [-0.05, 0) is 6.07 Å². The SMILES string of the molecule is C#CC1(O)C(n2ccc3c(N)ncnc32)OC(F)(CO)C1O. The smallest absolute Gasteiger partial charge is 0.264 e. The second-order valence-electron chi connectivity index (χ2n) is 5.01. The second-order valence-corrected chi connectivity index (χ2v) is 5.01. The van der Waals surface area contributed by atoms with Crippen molar-refractivity contribution in [3.05, 3.63) is 18.6 Å². The molecule has 4 atom stereocenters. The number of fused-ring (bicyclic) bond motifs is 1. The van der Waals surface area contributed by atoms with E-state index in [1.807, 2.05) is 5.92 Å². The number of halogens is 1. The standard InChI is InChI=1S/C13H13FN4O4/c1-2-12(21)10(20)13(14,5-19)22-11(12)18-4-3-7-8(15)16-6-17-9(7)18/h1,3-4,6,10-11,19-21H,5H2,(H2,15,16,17). The number of hydrogen-bond acceptors (Lipinski definition) is 7. The van der Waals surface area contributed by atoms with Gasteiger partial charge in [0.15, 0.2) is 12.3 Å². The van der Waals surface area contributed by atoms with Gasteiger partial charge < -0.3 is 30.4 Å². The fourth-order valence-electron chi connectivity index (χ4n) is 2.53. The molecule has 2 aromatic heterocycles. The van der Waals surface area contributed by atoms with Crippen molar-refractivity contribution in [3.8, 4) is 12.3 Å². The molecule has 0 radical (unpaired) electrons. The molecule has 5 N–H and O–H groups in total. The van der Waals surface area contributed by atoms with Gasteiger partial charge in [0.2, 0.25) is 5.60 Å². The van der Waals surface area contributed by atoms with Crippen LogP contribution in [0.15, 0.2) is 18.6 Å². The summed E-state index contributed by atoms with van der Waals surface area (Å²) in [7, 11) is 0. The highest BCUT2D eigenvalue weighted by Gasteiger charge is 2.64. The highest BCUT2D eigenvalue weighted by Crippen LogP contribution is 2.45. The number of alkyl halides is 1. The molecule has 0 spiro atoms. The number of nitrogens with zero attached hydrogens (tertiary/aromatic N) is 3. The maximum Gasteiger partial charge on any atom is 0.264 e. The number of aliphatic hydroxyl groups is 3. The molecule has 116 valence electrons. The highest BCUT2D eigenvalue weighted by atomic mass is 19.2. The van der Waals surface area contributed by atoms with Crippen molar-refractivity contribution >= 4 is 16.9 Å². The molecule has 0 saturated carbocycles. The minimum absolute atomic E-state index is 0.181. The van der Waals surface area contributed by atoms with E-state index in [1.165, 1.54) is 23.2 Å². The first-order valence-electron chi connectivity index (χ1n) is 6.30. The van der Waals surface area contributed by atoms with Gasteiger partial charge in [-0.1, -0.05) is 5.92 Å². The third kappa shape index (κ3) is 1.72. The first kappa shape index (κ1) is 14.7. The van der Waals surface area contributed by atoms with Crippen molar-refractivity contribution in [2.75, 3.05) is 12.3 Å². The Morgan fingerprint density at radius 2 is 2.27 bits per heavy atom. The molecule has 1 aliphatic rings. The van der Waals surface area contributed by atoms with E-state index >= 15 is 0 Å². The van der Waals surface area contributed by atoms with Crippen LogP contribution in [-0.4, -0.2) is 54.0 Å². The number of terminal acetylenes is 1. The maximum absolute atomic E-state index is 14.4. The van der Waals surface area contributed by atoms with Crippen molar-refractivity contribution in [1.82, 2.24) is 14.5 Å². The summed E-state index contributed by atoms with van der Waals surface area (Å²) in [6.07, 6.45) is 4.20. The quantitative estimate of drug-likeness (QED) is 0.520.